The van der Waals surface area contributed by atoms with E-state index in [1.54, 1.807) is 0 Å². The highest BCUT2D eigenvalue weighted by Gasteiger charge is 2.15. The summed E-state index contributed by atoms with van der Waals surface area (Å²) in [6.45, 7) is -0.197. The first kappa shape index (κ1) is 14.8. The Morgan fingerprint density at radius 3 is 2.68 bits per heavy atom. The molecule has 1 aromatic heterocycles. The van der Waals surface area contributed by atoms with Crippen LogP contribution in [0.5, 0.6) is 5.75 Å². The fourth-order valence-electron chi connectivity index (χ4n) is 1.34. The van der Waals surface area contributed by atoms with Crippen molar-refractivity contribution in [3.8, 4) is 5.75 Å². The molecule has 1 aromatic carbocycles. The first-order valence-electron chi connectivity index (χ1n) is 5.03. The molecule has 0 spiro atoms. The van der Waals surface area contributed by atoms with Gasteiger partial charge in [0.15, 0.2) is 6.61 Å². The van der Waals surface area contributed by atoms with Gasteiger partial charge in [0.2, 0.25) is 5.78 Å². The normalized spacial score (nSPS) is 10.5. The minimum atomic E-state index is -0.391. The van der Waals surface area contributed by atoms with Gasteiger partial charge in [-0.2, -0.15) is 0 Å². The highest BCUT2D eigenvalue weighted by atomic mass is 79.9. The minimum Gasteiger partial charge on any atom is -0.484 e. The van der Waals surface area contributed by atoms with E-state index in [4.69, 9.17) is 27.9 Å². The Bertz CT molecular complexity index is 630. The van der Waals surface area contributed by atoms with E-state index >= 15 is 0 Å². The van der Waals surface area contributed by atoms with Crippen LogP contribution in [0.25, 0.3) is 0 Å². The van der Waals surface area contributed by atoms with Crippen molar-refractivity contribution in [3.63, 3.8) is 0 Å². The summed E-state index contributed by atoms with van der Waals surface area (Å²) in [5.74, 6) is -0.296. The van der Waals surface area contributed by atoms with Crippen LogP contribution < -0.4 is 4.74 Å². The Morgan fingerprint density at radius 1 is 1.37 bits per heavy atom. The summed E-state index contributed by atoms with van der Waals surface area (Å²) < 4.78 is 19.4. The van der Waals surface area contributed by atoms with Gasteiger partial charge in [0, 0.05) is 0 Å². The van der Waals surface area contributed by atoms with Gasteiger partial charge < -0.3 is 4.74 Å². The first-order chi connectivity index (χ1) is 8.97. The van der Waals surface area contributed by atoms with Crippen LogP contribution in [0.4, 0.5) is 4.39 Å². The molecule has 0 N–H and O–H groups in total. The third-order valence-electron chi connectivity index (χ3n) is 2.21. The molecule has 1 heterocycles. The molecule has 0 atom stereocenters. The topological polar surface area (TPSA) is 26.3 Å². The summed E-state index contributed by atoms with van der Waals surface area (Å²) in [6.07, 6.45) is 0. The minimum absolute atomic E-state index is 0.197. The molecule has 19 heavy (non-hydrogen) atoms. The third-order valence-corrected chi connectivity index (χ3v) is 4.32. The van der Waals surface area contributed by atoms with Crippen LogP contribution in [-0.4, -0.2) is 12.4 Å². The van der Waals surface area contributed by atoms with Crippen LogP contribution in [0.1, 0.15) is 10.4 Å². The summed E-state index contributed by atoms with van der Waals surface area (Å²) in [7, 11) is 0. The van der Waals surface area contributed by atoms with Gasteiger partial charge in [0.25, 0.3) is 0 Å². The number of carbonyl (C=O) groups excluding carboxylic acids is 1. The van der Waals surface area contributed by atoms with Crippen molar-refractivity contribution in [1.82, 2.24) is 0 Å². The molecule has 0 unspecified atom stereocenters. The number of benzene rings is 1. The molecule has 0 aliphatic heterocycles. The highest BCUT2D eigenvalue weighted by Crippen LogP contribution is 2.32. The van der Waals surface area contributed by atoms with Gasteiger partial charge in [-0.25, -0.2) is 4.39 Å². The van der Waals surface area contributed by atoms with Crippen molar-refractivity contribution in [3.05, 3.63) is 48.8 Å². The van der Waals surface area contributed by atoms with E-state index in [2.05, 4.69) is 15.9 Å². The zero-order valence-electron chi connectivity index (χ0n) is 9.25. The lowest BCUT2D eigenvalue weighted by molar-refractivity contribution is 0.0921. The van der Waals surface area contributed by atoms with E-state index in [9.17, 15) is 9.18 Å². The van der Waals surface area contributed by atoms with Crippen molar-refractivity contribution >= 4 is 56.3 Å². The Labute approximate surface area is 131 Å². The SMILES string of the molecule is O=C(COc1ccc(F)cc1Br)c1cc(Cl)sc1Cl. The molecule has 0 bridgehead atoms. The fourth-order valence-corrected chi connectivity index (χ4v) is 3.31. The molecule has 100 valence electrons. The van der Waals surface area contributed by atoms with E-state index in [1.807, 2.05) is 0 Å². The predicted octanol–water partition coefficient (Wildman–Crippen LogP) is 5.22. The molecule has 0 aliphatic carbocycles. The number of thiophene rings is 1. The quantitative estimate of drug-likeness (QED) is 0.676. The fraction of sp³-hybridized carbons (Fsp3) is 0.0833. The summed E-state index contributed by atoms with van der Waals surface area (Å²) in [5.41, 5.74) is 0.329. The lowest BCUT2D eigenvalue weighted by atomic mass is 10.2. The third kappa shape index (κ3) is 3.69. The van der Waals surface area contributed by atoms with Gasteiger partial charge in [0.1, 0.15) is 15.9 Å². The number of ketones is 1. The maximum Gasteiger partial charge on any atom is 0.202 e. The molecule has 7 heteroatoms. The van der Waals surface area contributed by atoms with Crippen LogP contribution in [0.3, 0.4) is 0 Å². The molecule has 2 nitrogen and oxygen atoms in total. The average Bonchev–Trinajstić information content (AvgIpc) is 2.67. The Balaban J connectivity index is 2.06. The maximum atomic E-state index is 12.9. The zero-order chi connectivity index (χ0) is 14.0. The Hall–Kier alpha value is -0.620. The Kier molecular flexibility index (Phi) is 4.84. The monoisotopic (exact) mass is 382 g/mol. The summed E-state index contributed by atoms with van der Waals surface area (Å²) in [4.78, 5) is 11.9. The molecule has 0 aliphatic rings. The number of Topliss-reactive ketones (excluding diaryl/α,β-unsaturated/α-hetero) is 1. The average molecular weight is 384 g/mol. The number of rotatable bonds is 4. The van der Waals surface area contributed by atoms with Crippen molar-refractivity contribution in [1.29, 1.82) is 0 Å². The lowest BCUT2D eigenvalue weighted by Crippen LogP contribution is -2.11. The van der Waals surface area contributed by atoms with Crippen LogP contribution in [-0.2, 0) is 0 Å². The van der Waals surface area contributed by atoms with Crippen LogP contribution >= 0.6 is 50.5 Å². The number of ether oxygens (including phenoxy) is 1. The molecular weight excluding hydrogens is 378 g/mol. The van der Waals surface area contributed by atoms with Crippen molar-refractivity contribution in [2.45, 2.75) is 0 Å². The van der Waals surface area contributed by atoms with Gasteiger partial charge in [0.05, 0.1) is 14.4 Å². The molecule has 0 saturated carbocycles. The van der Waals surface area contributed by atoms with Gasteiger partial charge in [-0.05, 0) is 40.2 Å². The van der Waals surface area contributed by atoms with Gasteiger partial charge in [-0.15, -0.1) is 11.3 Å². The molecule has 0 fully saturated rings. The number of hydrogen-bond acceptors (Lipinski definition) is 3. The molecule has 2 aromatic rings. The summed E-state index contributed by atoms with van der Waals surface area (Å²) in [5, 5.41) is 0. The number of hydrogen-bond donors (Lipinski definition) is 0. The highest BCUT2D eigenvalue weighted by molar-refractivity contribution is 9.10. The van der Waals surface area contributed by atoms with Crippen LogP contribution in [0, 0.1) is 5.82 Å². The van der Waals surface area contributed by atoms with Crippen molar-refractivity contribution in [2.75, 3.05) is 6.61 Å². The molecule has 2 rings (SSSR count). The first-order valence-corrected chi connectivity index (χ1v) is 7.40. The molecule has 0 saturated heterocycles. The zero-order valence-corrected chi connectivity index (χ0v) is 13.2. The second kappa shape index (κ2) is 6.22. The van der Waals surface area contributed by atoms with Gasteiger partial charge in [-0.3, -0.25) is 4.79 Å². The van der Waals surface area contributed by atoms with Gasteiger partial charge >= 0.3 is 0 Å². The van der Waals surface area contributed by atoms with Crippen LogP contribution in [0.15, 0.2) is 28.7 Å². The summed E-state index contributed by atoms with van der Waals surface area (Å²) >= 11 is 15.9. The molecule has 0 radical (unpaired) electrons. The van der Waals surface area contributed by atoms with E-state index in [0.29, 0.717) is 24.5 Å². The second-order valence-corrected chi connectivity index (χ2v) is 6.66. The van der Waals surface area contributed by atoms with E-state index in [0.717, 1.165) is 11.3 Å². The lowest BCUT2D eigenvalue weighted by Gasteiger charge is -2.07. The predicted molar refractivity (Wildman–Crippen MR) is 78.3 cm³/mol. The van der Waals surface area contributed by atoms with Gasteiger partial charge in [-0.1, -0.05) is 23.2 Å². The second-order valence-electron chi connectivity index (χ2n) is 3.52. The smallest absolute Gasteiger partial charge is 0.202 e. The number of halogens is 4. The summed E-state index contributed by atoms with van der Waals surface area (Å²) in [6, 6.07) is 5.45. The van der Waals surface area contributed by atoms with E-state index < -0.39 is 5.82 Å². The standard InChI is InChI=1S/C12H6BrCl2FO2S/c13-8-3-6(16)1-2-10(8)18-5-9(17)7-4-11(14)19-12(7)15/h1-4H,5H2. The van der Waals surface area contributed by atoms with E-state index in [1.165, 1.54) is 24.3 Å². The van der Waals surface area contributed by atoms with Crippen molar-refractivity contribution in [2.24, 2.45) is 0 Å². The van der Waals surface area contributed by atoms with Crippen molar-refractivity contribution < 1.29 is 13.9 Å². The Morgan fingerprint density at radius 2 is 2.11 bits per heavy atom. The molecular formula is C12H6BrCl2FO2S. The maximum absolute atomic E-state index is 12.9. The van der Waals surface area contributed by atoms with Crippen LogP contribution in [0.2, 0.25) is 8.67 Å². The largest absolute Gasteiger partial charge is 0.484 e. The van der Waals surface area contributed by atoms with E-state index in [-0.39, 0.29) is 12.4 Å². The molecule has 0 amide bonds. The number of carbonyl (C=O) groups is 1.